The fourth-order valence-corrected chi connectivity index (χ4v) is 2.12. The Morgan fingerprint density at radius 1 is 1.37 bits per heavy atom. The standard InChI is InChI=1S/C13H21N5O/c1-12-10-16-6-9-18(12)11-13(19)17(7-2-4-14)8-3-5-15/h12,16H,2-3,6-11H2,1H3. The van der Waals surface area contributed by atoms with Crippen molar-refractivity contribution in [2.45, 2.75) is 25.8 Å². The second kappa shape index (κ2) is 8.47. The Morgan fingerprint density at radius 3 is 2.53 bits per heavy atom. The van der Waals surface area contributed by atoms with Crippen LogP contribution >= 0.6 is 0 Å². The van der Waals surface area contributed by atoms with E-state index in [0.717, 1.165) is 19.6 Å². The van der Waals surface area contributed by atoms with Gasteiger partial charge in [0.05, 0.1) is 31.5 Å². The summed E-state index contributed by atoms with van der Waals surface area (Å²) in [6.07, 6.45) is 0.628. The molecule has 0 aromatic carbocycles. The fourth-order valence-electron chi connectivity index (χ4n) is 2.12. The number of piperazine rings is 1. The van der Waals surface area contributed by atoms with Gasteiger partial charge in [-0.05, 0) is 6.92 Å². The first-order valence-corrected chi connectivity index (χ1v) is 6.65. The molecule has 0 aromatic heterocycles. The number of carbonyl (C=O) groups is 1. The molecule has 1 aliphatic heterocycles. The number of nitrogens with one attached hydrogen (secondary N) is 1. The van der Waals surface area contributed by atoms with Crippen LogP contribution in [0.4, 0.5) is 0 Å². The van der Waals surface area contributed by atoms with E-state index in [2.05, 4.69) is 17.1 Å². The number of nitrogens with zero attached hydrogens (tertiary/aromatic N) is 4. The van der Waals surface area contributed by atoms with Gasteiger partial charge in [0.1, 0.15) is 0 Å². The number of hydrogen-bond acceptors (Lipinski definition) is 5. The van der Waals surface area contributed by atoms with Crippen LogP contribution < -0.4 is 5.32 Å². The zero-order valence-corrected chi connectivity index (χ0v) is 11.4. The molecule has 1 aliphatic rings. The van der Waals surface area contributed by atoms with E-state index in [4.69, 9.17) is 10.5 Å². The lowest BCUT2D eigenvalue weighted by molar-refractivity contribution is -0.133. The van der Waals surface area contributed by atoms with Crippen molar-refractivity contribution in [3.63, 3.8) is 0 Å². The van der Waals surface area contributed by atoms with E-state index >= 15 is 0 Å². The largest absolute Gasteiger partial charge is 0.340 e. The average Bonchev–Trinajstić information content (AvgIpc) is 2.41. The lowest BCUT2D eigenvalue weighted by Crippen LogP contribution is -2.53. The Hall–Kier alpha value is -1.63. The maximum Gasteiger partial charge on any atom is 0.236 e. The number of rotatable bonds is 6. The molecular formula is C13H21N5O. The van der Waals surface area contributed by atoms with Crippen LogP contribution in [-0.2, 0) is 4.79 Å². The fraction of sp³-hybridized carbons (Fsp3) is 0.769. The first kappa shape index (κ1) is 15.4. The van der Waals surface area contributed by atoms with Crippen LogP contribution in [0.15, 0.2) is 0 Å². The summed E-state index contributed by atoms with van der Waals surface area (Å²) in [6, 6.07) is 4.42. The summed E-state index contributed by atoms with van der Waals surface area (Å²) in [7, 11) is 0. The quantitative estimate of drug-likeness (QED) is 0.725. The molecule has 6 heteroatoms. The first-order chi connectivity index (χ1) is 9.19. The number of hydrogen-bond donors (Lipinski definition) is 1. The normalized spacial score (nSPS) is 19.4. The molecule has 1 amide bonds. The van der Waals surface area contributed by atoms with E-state index < -0.39 is 0 Å². The Bertz CT molecular complexity index is 352. The van der Waals surface area contributed by atoms with Gasteiger partial charge in [0, 0.05) is 38.8 Å². The molecule has 0 aromatic rings. The molecule has 0 spiro atoms. The number of nitriles is 2. The van der Waals surface area contributed by atoms with Gasteiger partial charge in [-0.2, -0.15) is 10.5 Å². The average molecular weight is 263 g/mol. The molecule has 0 saturated carbocycles. The van der Waals surface area contributed by atoms with Crippen molar-refractivity contribution in [3.8, 4) is 12.1 Å². The Kier molecular flexibility index (Phi) is 6.88. The summed E-state index contributed by atoms with van der Waals surface area (Å²) >= 11 is 0. The zero-order valence-electron chi connectivity index (χ0n) is 11.4. The first-order valence-electron chi connectivity index (χ1n) is 6.65. The molecule has 6 nitrogen and oxygen atoms in total. The van der Waals surface area contributed by atoms with Crippen LogP contribution in [0.3, 0.4) is 0 Å². The summed E-state index contributed by atoms with van der Waals surface area (Å²) < 4.78 is 0. The molecule has 104 valence electrons. The molecule has 1 rings (SSSR count). The van der Waals surface area contributed by atoms with Gasteiger partial charge in [-0.25, -0.2) is 0 Å². The van der Waals surface area contributed by atoms with Crippen molar-refractivity contribution in [1.29, 1.82) is 10.5 Å². The van der Waals surface area contributed by atoms with Gasteiger partial charge in [-0.1, -0.05) is 0 Å². The number of carbonyl (C=O) groups excluding carboxylic acids is 1. The van der Waals surface area contributed by atoms with Gasteiger partial charge in [0.2, 0.25) is 5.91 Å². The van der Waals surface area contributed by atoms with Crippen LogP contribution in [0, 0.1) is 22.7 Å². The second-order valence-corrected chi connectivity index (χ2v) is 4.72. The predicted octanol–water partition coefficient (Wildman–Crippen LogP) is -0.0639. The number of amides is 1. The van der Waals surface area contributed by atoms with Crippen LogP contribution in [-0.4, -0.2) is 61.0 Å². The highest BCUT2D eigenvalue weighted by atomic mass is 16.2. The van der Waals surface area contributed by atoms with Crippen molar-refractivity contribution >= 4 is 5.91 Å². The lowest BCUT2D eigenvalue weighted by atomic mass is 10.2. The molecule has 1 saturated heterocycles. The molecule has 19 heavy (non-hydrogen) atoms. The SMILES string of the molecule is CC1CNCCN1CC(=O)N(CCC#N)CCC#N. The molecule has 0 radical (unpaired) electrons. The summed E-state index contributed by atoms with van der Waals surface area (Å²) in [5.74, 6) is 0.0132. The van der Waals surface area contributed by atoms with Gasteiger partial charge in [-0.3, -0.25) is 9.69 Å². The minimum Gasteiger partial charge on any atom is -0.340 e. The van der Waals surface area contributed by atoms with Crippen molar-refractivity contribution < 1.29 is 4.79 Å². The van der Waals surface area contributed by atoms with E-state index in [9.17, 15) is 4.79 Å². The van der Waals surface area contributed by atoms with Crippen molar-refractivity contribution in [1.82, 2.24) is 15.1 Å². The van der Waals surface area contributed by atoms with Gasteiger partial charge in [0.25, 0.3) is 0 Å². The van der Waals surface area contributed by atoms with Gasteiger partial charge >= 0.3 is 0 Å². The van der Waals surface area contributed by atoms with Crippen LogP contribution in [0.1, 0.15) is 19.8 Å². The van der Waals surface area contributed by atoms with Gasteiger partial charge in [0.15, 0.2) is 0 Å². The molecule has 1 unspecified atom stereocenters. The van der Waals surface area contributed by atoms with E-state index in [-0.39, 0.29) is 5.91 Å². The summed E-state index contributed by atoms with van der Waals surface area (Å²) in [6.45, 7) is 5.94. The van der Waals surface area contributed by atoms with Crippen LogP contribution in [0.2, 0.25) is 0 Å². The molecular weight excluding hydrogens is 242 g/mol. The topological polar surface area (TPSA) is 83.2 Å². The van der Waals surface area contributed by atoms with Crippen LogP contribution in [0.5, 0.6) is 0 Å². The highest BCUT2D eigenvalue weighted by Crippen LogP contribution is 2.04. The summed E-state index contributed by atoms with van der Waals surface area (Å²) in [5.41, 5.74) is 0. The smallest absolute Gasteiger partial charge is 0.236 e. The molecule has 1 N–H and O–H groups in total. The maximum atomic E-state index is 12.2. The summed E-state index contributed by atoms with van der Waals surface area (Å²) in [4.78, 5) is 16.0. The molecule has 1 fully saturated rings. The third kappa shape index (κ3) is 5.25. The van der Waals surface area contributed by atoms with Crippen molar-refractivity contribution in [2.24, 2.45) is 0 Å². The minimum absolute atomic E-state index is 0.0132. The predicted molar refractivity (Wildman–Crippen MR) is 70.9 cm³/mol. The van der Waals surface area contributed by atoms with E-state index in [0.29, 0.717) is 38.5 Å². The zero-order chi connectivity index (χ0) is 14.1. The molecule has 1 heterocycles. The monoisotopic (exact) mass is 263 g/mol. The van der Waals surface area contributed by atoms with Gasteiger partial charge < -0.3 is 10.2 Å². The van der Waals surface area contributed by atoms with E-state index in [1.54, 1.807) is 4.90 Å². The van der Waals surface area contributed by atoms with E-state index in [1.807, 2.05) is 12.1 Å². The minimum atomic E-state index is 0.0132. The Balaban J connectivity index is 2.50. The molecule has 0 aliphatic carbocycles. The Morgan fingerprint density at radius 2 is 2.00 bits per heavy atom. The molecule has 1 atom stereocenters. The highest BCUT2D eigenvalue weighted by Gasteiger charge is 2.22. The van der Waals surface area contributed by atoms with Gasteiger partial charge in [-0.15, -0.1) is 0 Å². The summed E-state index contributed by atoms with van der Waals surface area (Å²) in [5, 5.41) is 20.5. The third-order valence-corrected chi connectivity index (χ3v) is 3.32. The Labute approximate surface area is 114 Å². The molecule has 0 bridgehead atoms. The lowest BCUT2D eigenvalue weighted by Gasteiger charge is -2.34. The van der Waals surface area contributed by atoms with Crippen molar-refractivity contribution in [2.75, 3.05) is 39.3 Å². The van der Waals surface area contributed by atoms with Crippen LogP contribution in [0.25, 0.3) is 0 Å². The second-order valence-electron chi connectivity index (χ2n) is 4.72. The third-order valence-electron chi connectivity index (χ3n) is 3.32. The van der Waals surface area contributed by atoms with Crippen molar-refractivity contribution in [3.05, 3.63) is 0 Å². The van der Waals surface area contributed by atoms with E-state index in [1.165, 1.54) is 0 Å². The highest BCUT2D eigenvalue weighted by molar-refractivity contribution is 5.78. The maximum absolute atomic E-state index is 12.2.